The van der Waals surface area contributed by atoms with Crippen molar-refractivity contribution < 1.29 is 9.90 Å². The molecule has 1 amide bonds. The molecule has 2 aromatic rings. The Labute approximate surface area is 207 Å². The monoisotopic (exact) mass is 526 g/mol. The van der Waals surface area contributed by atoms with Crippen LogP contribution in [0.15, 0.2) is 87.5 Å². The molecule has 0 radical (unpaired) electrons. The van der Waals surface area contributed by atoms with Crippen LogP contribution < -0.4 is 10.6 Å². The topological polar surface area (TPSA) is 77.0 Å². The minimum Gasteiger partial charge on any atom is -0.507 e. The first-order valence-electron chi connectivity index (χ1n) is 10.4. The second-order valence-electron chi connectivity index (χ2n) is 7.21. The number of amides is 1. The Morgan fingerprint density at radius 3 is 2.73 bits per heavy atom. The van der Waals surface area contributed by atoms with E-state index >= 15 is 0 Å². The maximum Gasteiger partial charge on any atom is 0.252 e. The number of carbonyl (C=O) groups excluding carboxylic acids is 1. The number of halogens is 1. The van der Waals surface area contributed by atoms with Gasteiger partial charge in [0.2, 0.25) is 0 Å². The summed E-state index contributed by atoms with van der Waals surface area (Å²) in [4.78, 5) is 20.1. The quantitative estimate of drug-likeness (QED) is 0.334. The lowest BCUT2D eigenvalue weighted by Crippen LogP contribution is -2.37. The van der Waals surface area contributed by atoms with Gasteiger partial charge in [-0.3, -0.25) is 9.79 Å². The summed E-state index contributed by atoms with van der Waals surface area (Å²) in [6.07, 6.45) is 6.25. The molecule has 0 atom stereocenters. The lowest BCUT2D eigenvalue weighted by atomic mass is 10.1. The van der Waals surface area contributed by atoms with E-state index in [1.807, 2.05) is 60.7 Å². The summed E-state index contributed by atoms with van der Waals surface area (Å²) < 4.78 is 0.776. The molecule has 1 heterocycles. The van der Waals surface area contributed by atoms with Gasteiger partial charge in [-0.15, -0.1) is 11.8 Å². The number of amidine groups is 1. The number of para-hydroxylation sites is 1. The zero-order valence-electron chi connectivity index (χ0n) is 18.6. The lowest BCUT2D eigenvalue weighted by molar-refractivity contribution is 0.0950. The van der Waals surface area contributed by atoms with Gasteiger partial charge in [0, 0.05) is 36.7 Å². The number of aliphatic imine (C=N–C) groups is 1. The van der Waals surface area contributed by atoms with E-state index in [1.165, 1.54) is 0 Å². The molecule has 0 bridgehead atoms. The van der Waals surface area contributed by atoms with Crippen LogP contribution in [-0.4, -0.2) is 48.1 Å². The van der Waals surface area contributed by atoms with Crippen LogP contribution >= 0.6 is 27.7 Å². The Balaban J connectivity index is 1.71. The highest BCUT2D eigenvalue weighted by atomic mass is 79.9. The smallest absolute Gasteiger partial charge is 0.252 e. The van der Waals surface area contributed by atoms with Gasteiger partial charge in [0.1, 0.15) is 17.4 Å². The zero-order chi connectivity index (χ0) is 23.8. The van der Waals surface area contributed by atoms with E-state index in [2.05, 4.69) is 33.1 Å². The van der Waals surface area contributed by atoms with Gasteiger partial charge in [-0.05, 0) is 52.9 Å². The summed E-state index contributed by atoms with van der Waals surface area (Å²) >= 11 is 5.09. The average molecular weight is 527 g/mol. The number of nitrogens with one attached hydrogen (secondary N) is 2. The third-order valence-corrected chi connectivity index (χ3v) is 6.55. The maximum absolute atomic E-state index is 12.5. The van der Waals surface area contributed by atoms with Gasteiger partial charge < -0.3 is 20.6 Å². The van der Waals surface area contributed by atoms with Crippen molar-refractivity contribution in [3.8, 4) is 5.75 Å². The Morgan fingerprint density at radius 2 is 2.00 bits per heavy atom. The van der Waals surface area contributed by atoms with Crippen LogP contribution in [0, 0.1) is 0 Å². The number of benzene rings is 2. The summed E-state index contributed by atoms with van der Waals surface area (Å²) in [5, 5.41) is 16.6. The third kappa shape index (κ3) is 6.09. The van der Waals surface area contributed by atoms with Gasteiger partial charge in [-0.1, -0.05) is 36.9 Å². The lowest BCUT2D eigenvalue weighted by Gasteiger charge is -2.31. The van der Waals surface area contributed by atoms with E-state index in [1.54, 1.807) is 30.0 Å². The van der Waals surface area contributed by atoms with E-state index < -0.39 is 0 Å². The molecule has 8 heteroatoms. The Bertz CT molecular complexity index is 1130. The standard InChI is InChI=1S/C25H27BrN4O2S/c1-4-19(26)24-29-20(17-10-5-7-12-21(17)31)16-23(30(24)2)27-14-9-15-28-25(32)18-11-6-8-13-22(18)33-3/h4-8,10-13,16,29,31H,1,9,14-15H2,2-3H3,(H,28,32)/b24-19+,27-23?. The second kappa shape index (κ2) is 11.8. The van der Waals surface area contributed by atoms with Crippen LogP contribution in [0.1, 0.15) is 22.3 Å². The second-order valence-corrected chi connectivity index (χ2v) is 8.91. The molecular formula is C25H27BrN4O2S. The Kier molecular flexibility index (Phi) is 8.79. The van der Waals surface area contributed by atoms with Gasteiger partial charge in [0.05, 0.1) is 15.7 Å². The highest BCUT2D eigenvalue weighted by Crippen LogP contribution is 2.29. The molecule has 6 nitrogen and oxygen atoms in total. The molecule has 3 N–H and O–H groups in total. The predicted octanol–water partition coefficient (Wildman–Crippen LogP) is 4.96. The maximum atomic E-state index is 12.5. The van der Waals surface area contributed by atoms with E-state index in [0.29, 0.717) is 30.6 Å². The number of carbonyl (C=O) groups is 1. The summed E-state index contributed by atoms with van der Waals surface area (Å²) in [7, 11) is 1.91. The predicted molar refractivity (Wildman–Crippen MR) is 141 cm³/mol. The van der Waals surface area contributed by atoms with Crippen LogP contribution in [0.2, 0.25) is 0 Å². The number of likely N-dealkylation sites (N-methyl/N-ethyl adjacent to an activating group) is 1. The fourth-order valence-electron chi connectivity index (χ4n) is 3.30. The van der Waals surface area contributed by atoms with Crippen molar-refractivity contribution in [2.45, 2.75) is 11.3 Å². The highest BCUT2D eigenvalue weighted by Gasteiger charge is 2.22. The average Bonchev–Trinajstić information content (AvgIpc) is 2.84. The largest absolute Gasteiger partial charge is 0.507 e. The number of phenolic OH excluding ortho intramolecular Hbond substituents is 1. The van der Waals surface area contributed by atoms with Crippen molar-refractivity contribution in [2.24, 2.45) is 4.99 Å². The van der Waals surface area contributed by atoms with E-state index in [-0.39, 0.29) is 11.7 Å². The van der Waals surface area contributed by atoms with Crippen molar-refractivity contribution >= 4 is 45.1 Å². The number of hydrogen-bond donors (Lipinski definition) is 3. The van der Waals surface area contributed by atoms with Crippen LogP contribution in [0.5, 0.6) is 5.75 Å². The minimum absolute atomic E-state index is 0.0755. The fraction of sp³-hybridized carbons (Fsp3) is 0.200. The van der Waals surface area contributed by atoms with Crippen molar-refractivity contribution in [3.05, 3.63) is 88.7 Å². The van der Waals surface area contributed by atoms with E-state index in [0.717, 1.165) is 26.7 Å². The summed E-state index contributed by atoms with van der Waals surface area (Å²) in [5.41, 5.74) is 2.11. The van der Waals surface area contributed by atoms with Crippen LogP contribution in [0.25, 0.3) is 5.70 Å². The van der Waals surface area contributed by atoms with Crippen LogP contribution in [0.3, 0.4) is 0 Å². The zero-order valence-corrected chi connectivity index (χ0v) is 21.0. The molecular weight excluding hydrogens is 500 g/mol. The molecule has 0 saturated heterocycles. The SMILES string of the molecule is C=C/C(Br)=C1/NC(c2ccccc2O)=CC(=NCCCNC(=O)c2ccccc2SC)N1C. The van der Waals surface area contributed by atoms with Crippen LogP contribution in [0.4, 0.5) is 0 Å². The molecule has 0 fully saturated rings. The number of rotatable bonds is 8. The normalized spacial score (nSPS) is 16.2. The summed E-state index contributed by atoms with van der Waals surface area (Å²) in [5.74, 6) is 1.61. The van der Waals surface area contributed by atoms with Gasteiger partial charge in [-0.2, -0.15) is 0 Å². The molecule has 33 heavy (non-hydrogen) atoms. The molecule has 172 valence electrons. The van der Waals surface area contributed by atoms with Crippen molar-refractivity contribution in [2.75, 3.05) is 26.4 Å². The first-order valence-corrected chi connectivity index (χ1v) is 12.5. The number of phenols is 1. The fourth-order valence-corrected chi connectivity index (χ4v) is 4.27. The van der Waals surface area contributed by atoms with E-state index in [9.17, 15) is 9.90 Å². The molecule has 0 aliphatic carbocycles. The molecule has 2 aromatic carbocycles. The van der Waals surface area contributed by atoms with Crippen molar-refractivity contribution in [3.63, 3.8) is 0 Å². The Hall–Kier alpha value is -2.97. The van der Waals surface area contributed by atoms with Crippen molar-refractivity contribution in [1.29, 1.82) is 0 Å². The number of nitrogens with zero attached hydrogens (tertiary/aromatic N) is 2. The molecule has 0 saturated carbocycles. The molecule has 3 rings (SSSR count). The molecule has 0 spiro atoms. The molecule has 1 aliphatic heterocycles. The van der Waals surface area contributed by atoms with Gasteiger partial charge in [0.15, 0.2) is 0 Å². The van der Waals surface area contributed by atoms with Crippen molar-refractivity contribution in [1.82, 2.24) is 15.5 Å². The van der Waals surface area contributed by atoms with Gasteiger partial charge in [-0.25, -0.2) is 0 Å². The first kappa shape index (κ1) is 24.7. The third-order valence-electron chi connectivity index (χ3n) is 5.05. The number of thioether (sulfide) groups is 1. The first-order chi connectivity index (χ1) is 16.0. The molecule has 0 aromatic heterocycles. The summed E-state index contributed by atoms with van der Waals surface area (Å²) in [6.45, 7) is 4.89. The number of hydrogen-bond acceptors (Lipinski definition) is 5. The number of aromatic hydroxyl groups is 1. The van der Waals surface area contributed by atoms with E-state index in [4.69, 9.17) is 4.99 Å². The highest BCUT2D eigenvalue weighted by molar-refractivity contribution is 9.11. The number of allylic oxidation sites excluding steroid dienone is 2. The summed E-state index contributed by atoms with van der Waals surface area (Å²) in [6, 6.07) is 14.7. The minimum atomic E-state index is -0.0755. The Morgan fingerprint density at radius 1 is 1.27 bits per heavy atom. The molecule has 1 aliphatic rings. The van der Waals surface area contributed by atoms with Crippen LogP contribution in [-0.2, 0) is 0 Å². The molecule has 0 unspecified atom stereocenters. The van der Waals surface area contributed by atoms with Gasteiger partial charge >= 0.3 is 0 Å². The van der Waals surface area contributed by atoms with Gasteiger partial charge in [0.25, 0.3) is 5.91 Å².